The lowest BCUT2D eigenvalue weighted by atomic mass is 9.84. The molecule has 0 saturated heterocycles. The van der Waals surface area contributed by atoms with Crippen molar-refractivity contribution in [2.24, 2.45) is 11.7 Å². The zero-order valence-electron chi connectivity index (χ0n) is 12.3. The molecule has 0 spiro atoms. The first kappa shape index (κ1) is 15.0. The summed E-state index contributed by atoms with van der Waals surface area (Å²) in [6, 6.07) is -0.164. The first-order valence-corrected chi connectivity index (χ1v) is 9.37. The quantitative estimate of drug-likeness (QED) is 0.849. The third kappa shape index (κ3) is 3.00. The molecule has 1 aliphatic heterocycles. The Labute approximate surface area is 126 Å². The van der Waals surface area contributed by atoms with Crippen LogP contribution in [-0.4, -0.2) is 30.6 Å². The molecular weight excluding hydrogens is 288 g/mol. The second-order valence-corrected chi connectivity index (χ2v) is 7.79. The van der Waals surface area contributed by atoms with E-state index in [4.69, 9.17) is 5.73 Å². The highest BCUT2D eigenvalue weighted by Crippen LogP contribution is 2.27. The normalized spacial score (nSPS) is 21.4. The van der Waals surface area contributed by atoms with Crippen molar-refractivity contribution in [3.63, 3.8) is 0 Å². The number of aromatic nitrogens is 2. The fourth-order valence-corrected chi connectivity index (χ4v) is 5.06. The van der Waals surface area contributed by atoms with Crippen LogP contribution in [-0.2, 0) is 23.0 Å². The standard InChI is InChI=1S/C14H24N4O2S/c15-9-12(11-5-2-1-3-6-11)17-21(19,20)14-10-16-13-7-4-8-18(13)14/h10-12,17H,1-9,15H2. The number of hydrogen-bond donors (Lipinski definition) is 2. The van der Waals surface area contributed by atoms with Crippen LogP contribution in [0.2, 0.25) is 0 Å². The van der Waals surface area contributed by atoms with Gasteiger partial charge in [-0.15, -0.1) is 0 Å². The Morgan fingerprint density at radius 2 is 2.10 bits per heavy atom. The largest absolute Gasteiger partial charge is 0.329 e. The molecule has 0 aromatic carbocycles. The Kier molecular flexibility index (Phi) is 4.33. The summed E-state index contributed by atoms with van der Waals surface area (Å²) < 4.78 is 29.9. The summed E-state index contributed by atoms with van der Waals surface area (Å²) in [5.41, 5.74) is 5.83. The Morgan fingerprint density at radius 1 is 1.33 bits per heavy atom. The minimum Gasteiger partial charge on any atom is -0.329 e. The third-order valence-electron chi connectivity index (χ3n) is 4.74. The van der Waals surface area contributed by atoms with Crippen molar-refractivity contribution in [3.8, 4) is 0 Å². The van der Waals surface area contributed by atoms with E-state index in [-0.39, 0.29) is 6.04 Å². The van der Waals surface area contributed by atoms with E-state index < -0.39 is 10.0 Å². The Morgan fingerprint density at radius 3 is 2.81 bits per heavy atom. The van der Waals surface area contributed by atoms with Gasteiger partial charge < -0.3 is 10.3 Å². The van der Waals surface area contributed by atoms with Gasteiger partial charge in [-0.2, -0.15) is 0 Å². The maximum Gasteiger partial charge on any atom is 0.258 e. The number of imidazole rings is 1. The molecule has 0 radical (unpaired) electrons. The first-order valence-electron chi connectivity index (χ1n) is 7.88. The summed E-state index contributed by atoms with van der Waals surface area (Å²) in [5, 5.41) is 0.296. The Hall–Kier alpha value is -0.920. The van der Waals surface area contributed by atoms with Gasteiger partial charge in [-0.1, -0.05) is 19.3 Å². The van der Waals surface area contributed by atoms with Gasteiger partial charge in [-0.25, -0.2) is 18.1 Å². The van der Waals surface area contributed by atoms with Gasteiger partial charge in [0.25, 0.3) is 10.0 Å². The summed E-state index contributed by atoms with van der Waals surface area (Å²) in [5.74, 6) is 1.23. The number of fused-ring (bicyclic) bond motifs is 1. The highest BCUT2D eigenvalue weighted by atomic mass is 32.2. The van der Waals surface area contributed by atoms with Crippen LogP contribution >= 0.6 is 0 Å². The Bertz CT molecular complexity index is 590. The van der Waals surface area contributed by atoms with Gasteiger partial charge in [0.2, 0.25) is 0 Å². The molecule has 1 atom stereocenters. The van der Waals surface area contributed by atoms with Crippen LogP contribution in [0.3, 0.4) is 0 Å². The van der Waals surface area contributed by atoms with Crippen LogP contribution in [0.4, 0.5) is 0 Å². The van der Waals surface area contributed by atoms with Gasteiger partial charge in [0.1, 0.15) is 5.82 Å². The van der Waals surface area contributed by atoms with Crippen molar-refractivity contribution in [2.45, 2.75) is 62.6 Å². The van der Waals surface area contributed by atoms with E-state index in [1.54, 1.807) is 0 Å². The maximum atomic E-state index is 12.6. The lowest BCUT2D eigenvalue weighted by Gasteiger charge is -2.29. The molecule has 7 heteroatoms. The van der Waals surface area contributed by atoms with Crippen molar-refractivity contribution in [1.29, 1.82) is 0 Å². The predicted molar refractivity (Wildman–Crippen MR) is 80.3 cm³/mol. The van der Waals surface area contributed by atoms with Crippen molar-refractivity contribution >= 4 is 10.0 Å². The number of nitrogens with two attached hydrogens (primary N) is 1. The van der Waals surface area contributed by atoms with E-state index in [1.165, 1.54) is 25.5 Å². The maximum absolute atomic E-state index is 12.6. The molecule has 1 aromatic rings. The molecule has 0 amide bonds. The van der Waals surface area contributed by atoms with Crippen LogP contribution in [0.1, 0.15) is 44.3 Å². The average Bonchev–Trinajstić information content (AvgIpc) is 3.08. The van der Waals surface area contributed by atoms with E-state index in [2.05, 4.69) is 9.71 Å². The summed E-state index contributed by atoms with van der Waals surface area (Å²) >= 11 is 0. The lowest BCUT2D eigenvalue weighted by molar-refractivity contribution is 0.293. The number of hydrogen-bond acceptors (Lipinski definition) is 4. The van der Waals surface area contributed by atoms with Gasteiger partial charge in [-0.3, -0.25) is 0 Å². The van der Waals surface area contributed by atoms with Crippen LogP contribution < -0.4 is 10.5 Å². The van der Waals surface area contributed by atoms with Crippen LogP contribution in [0.15, 0.2) is 11.2 Å². The van der Waals surface area contributed by atoms with Crippen molar-refractivity contribution < 1.29 is 8.42 Å². The summed E-state index contributed by atoms with van der Waals surface area (Å²) in [6.45, 7) is 1.09. The van der Waals surface area contributed by atoms with Gasteiger partial charge in [0, 0.05) is 25.6 Å². The first-order chi connectivity index (χ1) is 10.1. The molecule has 21 heavy (non-hydrogen) atoms. The molecule has 1 fully saturated rings. The lowest BCUT2D eigenvalue weighted by Crippen LogP contribution is -2.46. The summed E-state index contributed by atoms with van der Waals surface area (Å²) in [6.07, 6.45) is 9.02. The van der Waals surface area contributed by atoms with Crippen molar-refractivity contribution in [1.82, 2.24) is 14.3 Å². The van der Waals surface area contributed by atoms with Gasteiger partial charge in [0.15, 0.2) is 5.03 Å². The molecule has 0 bridgehead atoms. The van der Waals surface area contributed by atoms with E-state index in [0.717, 1.165) is 38.1 Å². The molecule has 2 aliphatic rings. The molecule has 1 unspecified atom stereocenters. The smallest absolute Gasteiger partial charge is 0.258 e. The van der Waals surface area contributed by atoms with Crippen LogP contribution in [0.5, 0.6) is 0 Å². The fraction of sp³-hybridized carbons (Fsp3) is 0.786. The minimum atomic E-state index is -3.53. The van der Waals surface area contributed by atoms with E-state index in [1.807, 2.05) is 4.57 Å². The molecule has 6 nitrogen and oxygen atoms in total. The highest BCUT2D eigenvalue weighted by molar-refractivity contribution is 7.89. The zero-order chi connectivity index (χ0) is 14.9. The number of rotatable bonds is 5. The third-order valence-corrected chi connectivity index (χ3v) is 6.23. The minimum absolute atomic E-state index is 0.164. The predicted octanol–water partition coefficient (Wildman–Crippen LogP) is 1.02. The van der Waals surface area contributed by atoms with Crippen LogP contribution in [0, 0.1) is 5.92 Å². The van der Waals surface area contributed by atoms with Crippen molar-refractivity contribution in [3.05, 3.63) is 12.0 Å². The number of nitrogens with zero attached hydrogens (tertiary/aromatic N) is 2. The number of sulfonamides is 1. The zero-order valence-corrected chi connectivity index (χ0v) is 13.1. The van der Waals surface area contributed by atoms with Gasteiger partial charge in [-0.05, 0) is 25.2 Å². The van der Waals surface area contributed by atoms with Gasteiger partial charge >= 0.3 is 0 Å². The summed E-state index contributed by atoms with van der Waals surface area (Å²) in [4.78, 5) is 4.22. The fourth-order valence-electron chi connectivity index (χ4n) is 3.58. The SMILES string of the molecule is NCC(NS(=O)(=O)c1cnc2n1CCC2)C1CCCCC1. The molecule has 2 heterocycles. The second-order valence-electron chi connectivity index (χ2n) is 6.13. The molecule has 1 saturated carbocycles. The summed E-state index contributed by atoms with van der Waals surface area (Å²) in [7, 11) is -3.53. The number of nitrogens with one attached hydrogen (secondary N) is 1. The average molecular weight is 312 g/mol. The topological polar surface area (TPSA) is 90.0 Å². The Balaban J connectivity index is 1.77. The van der Waals surface area contributed by atoms with Crippen molar-refractivity contribution in [2.75, 3.05) is 6.54 Å². The molecule has 1 aliphatic carbocycles. The number of aryl methyl sites for hydroxylation is 1. The highest BCUT2D eigenvalue weighted by Gasteiger charge is 2.30. The second kappa shape index (κ2) is 6.06. The molecular formula is C14H24N4O2S. The van der Waals surface area contributed by atoms with E-state index in [0.29, 0.717) is 17.5 Å². The van der Waals surface area contributed by atoms with E-state index in [9.17, 15) is 8.42 Å². The molecule has 3 N–H and O–H groups in total. The monoisotopic (exact) mass is 312 g/mol. The molecule has 1 aromatic heterocycles. The molecule has 3 rings (SSSR count). The van der Waals surface area contributed by atoms with Gasteiger partial charge in [0.05, 0.1) is 6.20 Å². The van der Waals surface area contributed by atoms with E-state index >= 15 is 0 Å². The van der Waals surface area contributed by atoms with Crippen LogP contribution in [0.25, 0.3) is 0 Å². The molecule has 118 valence electrons.